The van der Waals surface area contributed by atoms with Crippen LogP contribution < -0.4 is 5.43 Å². The zero-order valence-electron chi connectivity index (χ0n) is 12.0. The predicted octanol–water partition coefficient (Wildman–Crippen LogP) is 2.65. The molecule has 0 aliphatic heterocycles. The summed E-state index contributed by atoms with van der Waals surface area (Å²) in [6, 6.07) is 5.66. The Morgan fingerprint density at radius 3 is 2.76 bits per heavy atom. The number of benzene rings is 1. The topological polar surface area (TPSA) is 61.2 Å². The van der Waals surface area contributed by atoms with Crippen LogP contribution in [0, 0.1) is 6.92 Å². The van der Waals surface area contributed by atoms with Gasteiger partial charge in [0.1, 0.15) is 0 Å². The van der Waals surface area contributed by atoms with E-state index in [-0.39, 0.29) is 11.1 Å². The summed E-state index contributed by atoms with van der Waals surface area (Å²) in [7, 11) is 1.23. The molecular weight excluding hydrogens is 336 g/mol. The van der Waals surface area contributed by atoms with Gasteiger partial charge in [0.25, 0.3) is 0 Å². The highest BCUT2D eigenvalue weighted by molar-refractivity contribution is 9.10. The molecule has 110 valence electrons. The average molecular weight is 351 g/mol. The van der Waals surface area contributed by atoms with Gasteiger partial charge < -0.3 is 4.74 Å². The first kappa shape index (κ1) is 15.4. The van der Waals surface area contributed by atoms with Gasteiger partial charge in [0.15, 0.2) is 0 Å². The van der Waals surface area contributed by atoms with Gasteiger partial charge in [-0.2, -0.15) is 5.10 Å². The van der Waals surface area contributed by atoms with E-state index in [0.717, 1.165) is 15.7 Å². The second kappa shape index (κ2) is 6.22. The van der Waals surface area contributed by atoms with E-state index in [4.69, 9.17) is 0 Å². The average Bonchev–Trinajstić information content (AvgIpc) is 2.49. The SMILES string of the molecule is CCc1cn(-c2cccc(Br)c2C)nc(C(=O)OC)c1=O. The molecule has 0 saturated heterocycles. The Morgan fingerprint density at radius 2 is 2.14 bits per heavy atom. The molecular formula is C15H15BrN2O3. The molecule has 2 aromatic rings. The Balaban J connectivity index is 2.73. The molecule has 1 aromatic heterocycles. The molecule has 0 aliphatic carbocycles. The molecule has 0 atom stereocenters. The fraction of sp³-hybridized carbons (Fsp3) is 0.267. The minimum absolute atomic E-state index is 0.198. The van der Waals surface area contributed by atoms with Crippen molar-refractivity contribution in [3.05, 3.63) is 55.9 Å². The van der Waals surface area contributed by atoms with E-state index in [1.54, 1.807) is 10.9 Å². The largest absolute Gasteiger partial charge is 0.464 e. The molecule has 0 spiro atoms. The number of hydrogen-bond donors (Lipinski definition) is 0. The van der Waals surface area contributed by atoms with E-state index in [0.29, 0.717) is 12.0 Å². The van der Waals surface area contributed by atoms with Crippen molar-refractivity contribution in [3.63, 3.8) is 0 Å². The molecule has 0 N–H and O–H groups in total. The van der Waals surface area contributed by atoms with Crippen LogP contribution in [-0.4, -0.2) is 22.9 Å². The number of ether oxygens (including phenoxy) is 1. The van der Waals surface area contributed by atoms with Gasteiger partial charge in [-0.3, -0.25) is 4.79 Å². The van der Waals surface area contributed by atoms with Gasteiger partial charge in [-0.1, -0.05) is 28.9 Å². The maximum absolute atomic E-state index is 12.1. The number of rotatable bonds is 3. The maximum Gasteiger partial charge on any atom is 0.362 e. The van der Waals surface area contributed by atoms with Gasteiger partial charge >= 0.3 is 5.97 Å². The Hall–Kier alpha value is -1.95. The summed E-state index contributed by atoms with van der Waals surface area (Å²) < 4.78 is 7.11. The van der Waals surface area contributed by atoms with Gasteiger partial charge in [0, 0.05) is 16.2 Å². The van der Waals surface area contributed by atoms with Crippen molar-refractivity contribution in [1.82, 2.24) is 9.78 Å². The van der Waals surface area contributed by atoms with Crippen LogP contribution in [0.2, 0.25) is 0 Å². The molecule has 0 saturated carbocycles. The van der Waals surface area contributed by atoms with Crippen LogP contribution in [-0.2, 0) is 11.2 Å². The molecule has 0 fully saturated rings. The van der Waals surface area contributed by atoms with E-state index >= 15 is 0 Å². The zero-order chi connectivity index (χ0) is 15.6. The molecule has 0 bridgehead atoms. The summed E-state index contributed by atoms with van der Waals surface area (Å²) in [5.74, 6) is -0.725. The van der Waals surface area contributed by atoms with Crippen molar-refractivity contribution in [2.45, 2.75) is 20.3 Å². The predicted molar refractivity (Wildman–Crippen MR) is 83.0 cm³/mol. The number of aryl methyl sites for hydroxylation is 1. The van der Waals surface area contributed by atoms with Crippen LogP contribution in [0.5, 0.6) is 0 Å². The second-order valence-electron chi connectivity index (χ2n) is 4.51. The van der Waals surface area contributed by atoms with Gasteiger partial charge in [-0.15, -0.1) is 0 Å². The molecule has 21 heavy (non-hydrogen) atoms. The highest BCUT2D eigenvalue weighted by Gasteiger charge is 2.17. The Labute approximate surface area is 130 Å². The van der Waals surface area contributed by atoms with E-state index in [2.05, 4.69) is 25.8 Å². The van der Waals surface area contributed by atoms with Crippen LogP contribution >= 0.6 is 15.9 Å². The maximum atomic E-state index is 12.1. The lowest BCUT2D eigenvalue weighted by atomic mass is 10.1. The molecule has 0 amide bonds. The quantitative estimate of drug-likeness (QED) is 0.798. The molecule has 6 heteroatoms. The fourth-order valence-electron chi connectivity index (χ4n) is 1.99. The van der Waals surface area contributed by atoms with E-state index in [1.165, 1.54) is 7.11 Å². The first-order valence-corrected chi connectivity index (χ1v) is 7.25. The number of nitrogens with zero attached hydrogens (tertiary/aromatic N) is 2. The molecule has 5 nitrogen and oxygen atoms in total. The van der Waals surface area contributed by atoms with Gasteiger partial charge in [-0.05, 0) is 31.0 Å². The smallest absolute Gasteiger partial charge is 0.362 e. The standard InChI is InChI=1S/C15H15BrN2O3/c1-4-10-8-18(12-7-5-6-11(16)9(12)2)17-13(14(10)19)15(20)21-3/h5-8H,4H2,1-3H3. The van der Waals surface area contributed by atoms with Crippen molar-refractivity contribution in [3.8, 4) is 5.69 Å². The minimum atomic E-state index is -0.725. The third-order valence-electron chi connectivity index (χ3n) is 3.24. The first-order valence-electron chi connectivity index (χ1n) is 6.46. The van der Waals surface area contributed by atoms with Crippen molar-refractivity contribution in [2.24, 2.45) is 0 Å². The third kappa shape index (κ3) is 2.90. The summed E-state index contributed by atoms with van der Waals surface area (Å²) in [5.41, 5.74) is 1.70. The van der Waals surface area contributed by atoms with Crippen LogP contribution in [0.1, 0.15) is 28.5 Å². The lowest BCUT2D eigenvalue weighted by molar-refractivity contribution is 0.0590. The Bertz CT molecular complexity index is 753. The number of halogens is 1. The highest BCUT2D eigenvalue weighted by Crippen LogP contribution is 2.22. The normalized spacial score (nSPS) is 10.5. The van der Waals surface area contributed by atoms with Crippen LogP contribution in [0.25, 0.3) is 5.69 Å². The van der Waals surface area contributed by atoms with Crippen LogP contribution in [0.4, 0.5) is 0 Å². The lowest BCUT2D eigenvalue weighted by Crippen LogP contribution is -2.25. The second-order valence-corrected chi connectivity index (χ2v) is 5.36. The Kier molecular flexibility index (Phi) is 4.57. The van der Waals surface area contributed by atoms with E-state index < -0.39 is 5.97 Å². The van der Waals surface area contributed by atoms with Crippen molar-refractivity contribution in [1.29, 1.82) is 0 Å². The fourth-order valence-corrected chi connectivity index (χ4v) is 2.35. The number of esters is 1. The van der Waals surface area contributed by atoms with Crippen LogP contribution in [0.3, 0.4) is 0 Å². The van der Waals surface area contributed by atoms with Gasteiger partial charge in [0.2, 0.25) is 11.1 Å². The van der Waals surface area contributed by atoms with Gasteiger partial charge in [-0.25, -0.2) is 9.48 Å². The van der Waals surface area contributed by atoms with E-state index in [9.17, 15) is 9.59 Å². The molecule has 2 rings (SSSR count). The van der Waals surface area contributed by atoms with Crippen molar-refractivity contribution >= 4 is 21.9 Å². The molecule has 1 heterocycles. The number of carbonyl (C=O) groups excluding carboxylic acids is 1. The third-order valence-corrected chi connectivity index (χ3v) is 4.10. The van der Waals surface area contributed by atoms with Crippen LogP contribution in [0.15, 0.2) is 33.7 Å². The molecule has 1 aromatic carbocycles. The summed E-state index contributed by atoms with van der Waals surface area (Å²) >= 11 is 3.46. The zero-order valence-corrected chi connectivity index (χ0v) is 13.6. The number of carbonyl (C=O) groups is 1. The number of hydrogen-bond acceptors (Lipinski definition) is 4. The number of aromatic nitrogens is 2. The van der Waals surface area contributed by atoms with Crippen molar-refractivity contribution in [2.75, 3.05) is 7.11 Å². The molecule has 0 unspecified atom stereocenters. The highest BCUT2D eigenvalue weighted by atomic mass is 79.9. The summed E-state index contributed by atoms with van der Waals surface area (Å²) in [6.07, 6.45) is 2.17. The molecule has 0 radical (unpaired) electrons. The van der Waals surface area contributed by atoms with Crippen molar-refractivity contribution < 1.29 is 9.53 Å². The first-order chi connectivity index (χ1) is 9.99. The molecule has 0 aliphatic rings. The summed E-state index contributed by atoms with van der Waals surface area (Å²) in [4.78, 5) is 23.9. The van der Waals surface area contributed by atoms with E-state index in [1.807, 2.05) is 32.0 Å². The van der Waals surface area contributed by atoms with Gasteiger partial charge in [0.05, 0.1) is 12.8 Å². The Morgan fingerprint density at radius 1 is 1.43 bits per heavy atom. The summed E-state index contributed by atoms with van der Waals surface area (Å²) in [6.45, 7) is 3.79. The minimum Gasteiger partial charge on any atom is -0.464 e. The lowest BCUT2D eigenvalue weighted by Gasteiger charge is -2.12. The monoisotopic (exact) mass is 350 g/mol. The number of methoxy groups -OCH3 is 1. The summed E-state index contributed by atoms with van der Waals surface area (Å²) in [5, 5.41) is 4.13.